The summed E-state index contributed by atoms with van der Waals surface area (Å²) in [5.41, 5.74) is 0.979. The van der Waals surface area contributed by atoms with Gasteiger partial charge < -0.3 is 10.2 Å². The molecule has 0 aliphatic carbocycles. The van der Waals surface area contributed by atoms with E-state index in [2.05, 4.69) is 5.32 Å². The van der Waals surface area contributed by atoms with E-state index in [1.807, 2.05) is 6.92 Å². The van der Waals surface area contributed by atoms with Crippen LogP contribution in [0.15, 0.2) is 83.8 Å². The molecule has 0 aliphatic heterocycles. The summed E-state index contributed by atoms with van der Waals surface area (Å²) < 4.78 is 28.3. The van der Waals surface area contributed by atoms with Gasteiger partial charge in [0.25, 0.3) is 10.0 Å². The van der Waals surface area contributed by atoms with Crippen LogP contribution in [0.4, 0.5) is 5.69 Å². The number of halogens is 2. The molecule has 3 aromatic rings. The zero-order valence-corrected chi connectivity index (χ0v) is 22.9. The number of hydrogen-bond acceptors (Lipinski definition) is 4. The number of carbonyl (C=O) groups is 2. The van der Waals surface area contributed by atoms with Crippen LogP contribution in [0.25, 0.3) is 0 Å². The molecule has 0 aromatic heterocycles. The lowest BCUT2D eigenvalue weighted by Crippen LogP contribution is -2.51. The number of amides is 2. The quantitative estimate of drug-likeness (QED) is 0.351. The second-order valence-electron chi connectivity index (χ2n) is 8.42. The van der Waals surface area contributed by atoms with Crippen molar-refractivity contribution in [1.82, 2.24) is 10.2 Å². The lowest BCUT2D eigenvalue weighted by Gasteiger charge is -2.32. The third kappa shape index (κ3) is 7.47. The Balaban J connectivity index is 2.00. The van der Waals surface area contributed by atoms with Gasteiger partial charge in [0.2, 0.25) is 11.8 Å². The molecule has 0 bridgehead atoms. The Bertz CT molecular complexity index is 1320. The molecule has 0 radical (unpaired) electrons. The van der Waals surface area contributed by atoms with Crippen molar-refractivity contribution in [3.05, 3.63) is 94.5 Å². The highest BCUT2D eigenvalue weighted by Crippen LogP contribution is 2.27. The molecule has 0 fully saturated rings. The van der Waals surface area contributed by atoms with Crippen LogP contribution in [0, 0.1) is 0 Å². The van der Waals surface area contributed by atoms with Crippen molar-refractivity contribution in [2.45, 2.75) is 37.8 Å². The van der Waals surface area contributed by atoms with Crippen molar-refractivity contribution in [3.63, 3.8) is 0 Å². The van der Waals surface area contributed by atoms with Gasteiger partial charge in [-0.25, -0.2) is 8.42 Å². The standard InChI is InChI=1S/C27H29Cl2N3O4S/c1-3-16-30-27(34)20(2)31(18-21-12-14-22(28)15-13-21)26(33)19-32(24-9-7-8-23(29)17-24)37(35,36)25-10-5-4-6-11-25/h4-15,17,20H,3,16,18-19H2,1-2H3,(H,30,34). The summed E-state index contributed by atoms with van der Waals surface area (Å²) in [4.78, 5) is 28.0. The molecule has 3 rings (SSSR count). The van der Waals surface area contributed by atoms with Crippen molar-refractivity contribution in [1.29, 1.82) is 0 Å². The number of hydrogen-bond donors (Lipinski definition) is 1. The van der Waals surface area contributed by atoms with Gasteiger partial charge in [-0.2, -0.15) is 0 Å². The molecule has 1 unspecified atom stereocenters. The molecule has 1 N–H and O–H groups in total. The topological polar surface area (TPSA) is 86.8 Å². The SMILES string of the molecule is CCCNC(=O)C(C)N(Cc1ccc(Cl)cc1)C(=O)CN(c1cccc(Cl)c1)S(=O)(=O)c1ccccc1. The Kier molecular flexibility index (Phi) is 9.97. The summed E-state index contributed by atoms with van der Waals surface area (Å²) in [5.74, 6) is -0.877. The summed E-state index contributed by atoms with van der Waals surface area (Å²) in [7, 11) is -4.13. The summed E-state index contributed by atoms with van der Waals surface area (Å²) in [5, 5.41) is 3.67. The molecule has 7 nitrogen and oxygen atoms in total. The number of anilines is 1. The summed E-state index contributed by atoms with van der Waals surface area (Å²) in [6, 6.07) is 20.2. The third-order valence-electron chi connectivity index (χ3n) is 5.69. The monoisotopic (exact) mass is 561 g/mol. The predicted octanol–water partition coefficient (Wildman–Crippen LogP) is 5.13. The molecule has 10 heteroatoms. The molecule has 0 heterocycles. The van der Waals surface area contributed by atoms with Gasteiger partial charge in [0.05, 0.1) is 10.6 Å². The molecule has 3 aromatic carbocycles. The summed E-state index contributed by atoms with van der Waals surface area (Å²) in [6.45, 7) is 3.57. The van der Waals surface area contributed by atoms with E-state index in [1.165, 1.54) is 23.1 Å². The van der Waals surface area contributed by atoms with Crippen LogP contribution in [-0.2, 0) is 26.2 Å². The van der Waals surface area contributed by atoms with Gasteiger partial charge in [-0.15, -0.1) is 0 Å². The van der Waals surface area contributed by atoms with Crippen molar-refractivity contribution in [2.75, 3.05) is 17.4 Å². The minimum Gasteiger partial charge on any atom is -0.354 e. The van der Waals surface area contributed by atoms with E-state index in [1.54, 1.807) is 67.6 Å². The van der Waals surface area contributed by atoms with E-state index in [0.717, 1.165) is 16.3 Å². The lowest BCUT2D eigenvalue weighted by molar-refractivity contribution is -0.139. The second kappa shape index (κ2) is 12.9. The van der Waals surface area contributed by atoms with Crippen molar-refractivity contribution in [3.8, 4) is 0 Å². The molecular weight excluding hydrogens is 533 g/mol. The Labute approximate surface area is 228 Å². The van der Waals surface area contributed by atoms with Crippen molar-refractivity contribution in [2.24, 2.45) is 0 Å². The van der Waals surface area contributed by atoms with Gasteiger partial charge in [-0.3, -0.25) is 13.9 Å². The molecule has 0 aliphatic rings. The Morgan fingerprint density at radius 3 is 2.22 bits per heavy atom. The van der Waals surface area contributed by atoms with E-state index in [9.17, 15) is 18.0 Å². The lowest BCUT2D eigenvalue weighted by atomic mass is 10.1. The predicted molar refractivity (Wildman–Crippen MR) is 147 cm³/mol. The summed E-state index contributed by atoms with van der Waals surface area (Å²) in [6.07, 6.45) is 0.738. The van der Waals surface area contributed by atoms with E-state index in [-0.39, 0.29) is 23.0 Å². The highest BCUT2D eigenvalue weighted by molar-refractivity contribution is 7.92. The fourth-order valence-electron chi connectivity index (χ4n) is 3.64. The van der Waals surface area contributed by atoms with E-state index >= 15 is 0 Å². The van der Waals surface area contributed by atoms with Gasteiger partial charge in [-0.05, 0) is 61.4 Å². The third-order valence-corrected chi connectivity index (χ3v) is 7.96. The zero-order valence-electron chi connectivity index (χ0n) is 20.6. The normalized spacial score (nSPS) is 12.0. The molecule has 0 spiro atoms. The van der Waals surface area contributed by atoms with Crippen LogP contribution in [-0.4, -0.2) is 44.3 Å². The molecule has 37 heavy (non-hydrogen) atoms. The molecule has 1 atom stereocenters. The second-order valence-corrected chi connectivity index (χ2v) is 11.2. The van der Waals surface area contributed by atoms with E-state index < -0.39 is 28.5 Å². The fraction of sp³-hybridized carbons (Fsp3) is 0.259. The minimum absolute atomic E-state index is 0.0285. The van der Waals surface area contributed by atoms with Crippen LogP contribution < -0.4 is 9.62 Å². The first-order valence-corrected chi connectivity index (χ1v) is 14.0. The molecule has 0 saturated heterocycles. The average molecular weight is 563 g/mol. The zero-order chi connectivity index (χ0) is 27.0. The van der Waals surface area contributed by atoms with E-state index in [0.29, 0.717) is 16.6 Å². The van der Waals surface area contributed by atoms with Crippen molar-refractivity contribution < 1.29 is 18.0 Å². The first-order chi connectivity index (χ1) is 17.6. The van der Waals surface area contributed by atoms with Crippen LogP contribution in [0.5, 0.6) is 0 Å². The Morgan fingerprint density at radius 2 is 1.59 bits per heavy atom. The van der Waals surface area contributed by atoms with Gasteiger partial charge in [0.15, 0.2) is 0 Å². The molecular formula is C27H29Cl2N3O4S. The number of sulfonamides is 1. The van der Waals surface area contributed by atoms with Gasteiger partial charge in [0, 0.05) is 23.1 Å². The van der Waals surface area contributed by atoms with Crippen molar-refractivity contribution >= 4 is 50.7 Å². The first kappa shape index (κ1) is 28.5. The van der Waals surface area contributed by atoms with Crippen LogP contribution in [0.3, 0.4) is 0 Å². The van der Waals surface area contributed by atoms with Gasteiger partial charge in [-0.1, -0.05) is 66.5 Å². The first-order valence-electron chi connectivity index (χ1n) is 11.8. The number of nitrogens with zero attached hydrogens (tertiary/aromatic N) is 2. The molecule has 2 amide bonds. The fourth-order valence-corrected chi connectivity index (χ4v) is 5.38. The number of nitrogens with one attached hydrogen (secondary N) is 1. The van der Waals surface area contributed by atoms with Crippen LogP contribution in [0.1, 0.15) is 25.8 Å². The maximum atomic E-state index is 13.8. The summed E-state index contributed by atoms with van der Waals surface area (Å²) >= 11 is 12.2. The highest BCUT2D eigenvalue weighted by Gasteiger charge is 2.32. The van der Waals surface area contributed by atoms with Crippen LogP contribution >= 0.6 is 23.2 Å². The number of rotatable bonds is 11. The number of carbonyl (C=O) groups excluding carboxylic acids is 2. The Hall–Kier alpha value is -3.07. The maximum Gasteiger partial charge on any atom is 0.264 e. The minimum atomic E-state index is -4.13. The van der Waals surface area contributed by atoms with E-state index in [4.69, 9.17) is 23.2 Å². The van der Waals surface area contributed by atoms with Crippen LogP contribution in [0.2, 0.25) is 10.0 Å². The smallest absolute Gasteiger partial charge is 0.264 e. The Morgan fingerprint density at radius 1 is 0.919 bits per heavy atom. The van der Waals surface area contributed by atoms with Gasteiger partial charge in [0.1, 0.15) is 12.6 Å². The highest BCUT2D eigenvalue weighted by atomic mass is 35.5. The average Bonchev–Trinajstić information content (AvgIpc) is 2.89. The number of benzene rings is 3. The molecule has 0 saturated carbocycles. The largest absolute Gasteiger partial charge is 0.354 e. The molecule has 196 valence electrons. The van der Waals surface area contributed by atoms with Gasteiger partial charge >= 0.3 is 0 Å². The maximum absolute atomic E-state index is 13.8.